The van der Waals surface area contributed by atoms with E-state index >= 15 is 0 Å². The van der Waals surface area contributed by atoms with Gasteiger partial charge in [0.1, 0.15) is 0 Å². The van der Waals surface area contributed by atoms with Crippen LogP contribution in [-0.4, -0.2) is 41.5 Å². The topological polar surface area (TPSA) is 84.3 Å². The van der Waals surface area contributed by atoms with Gasteiger partial charge in [0.25, 0.3) is 0 Å². The first-order valence-electron chi connectivity index (χ1n) is 10.8. The number of sulfonamides is 1. The Morgan fingerprint density at radius 3 is 2.25 bits per heavy atom. The van der Waals surface area contributed by atoms with Gasteiger partial charge in [-0.2, -0.15) is 9.40 Å². The number of carbonyl (C=O) groups excluding carboxylic acids is 1. The Bertz CT molecular complexity index is 1200. The molecule has 0 spiro atoms. The lowest BCUT2D eigenvalue weighted by Gasteiger charge is -2.31. The molecule has 3 aromatic rings. The van der Waals surface area contributed by atoms with Crippen molar-refractivity contribution in [3.8, 4) is 5.69 Å². The highest BCUT2D eigenvalue weighted by atomic mass is 32.2. The zero-order valence-electron chi connectivity index (χ0n) is 18.6. The minimum absolute atomic E-state index is 0.122. The number of anilines is 1. The molecule has 1 aliphatic heterocycles. The number of amides is 1. The summed E-state index contributed by atoms with van der Waals surface area (Å²) in [7, 11) is -3.59. The first-order chi connectivity index (χ1) is 15.3. The van der Waals surface area contributed by atoms with Crippen LogP contribution in [0.2, 0.25) is 0 Å². The molecule has 4 rings (SSSR count). The normalized spacial score (nSPS) is 15.6. The number of para-hydroxylation sites is 1. The Balaban J connectivity index is 1.40. The van der Waals surface area contributed by atoms with E-state index in [-0.39, 0.29) is 11.8 Å². The van der Waals surface area contributed by atoms with Gasteiger partial charge in [-0.3, -0.25) is 4.79 Å². The number of benzene rings is 2. The maximum Gasteiger partial charge on any atom is 0.243 e. The van der Waals surface area contributed by atoms with Crippen LogP contribution in [0, 0.1) is 26.7 Å². The van der Waals surface area contributed by atoms with Gasteiger partial charge in [-0.25, -0.2) is 13.1 Å². The van der Waals surface area contributed by atoms with Crippen LogP contribution in [0.4, 0.5) is 5.82 Å². The molecule has 0 saturated carbocycles. The van der Waals surface area contributed by atoms with E-state index < -0.39 is 10.0 Å². The molecule has 1 aliphatic rings. The Morgan fingerprint density at radius 1 is 1.00 bits per heavy atom. The number of piperidine rings is 1. The monoisotopic (exact) mass is 452 g/mol. The Kier molecular flexibility index (Phi) is 6.17. The van der Waals surface area contributed by atoms with Crippen LogP contribution in [0.25, 0.3) is 5.69 Å². The Morgan fingerprint density at radius 2 is 1.62 bits per heavy atom. The standard InChI is InChI=1S/C24H28N4O3S/c1-17-15-18(2)23(19(3)16-17)32(30,31)27-12-9-20(10-13-27)24(29)25-22-11-14-28(26-22)21-7-5-4-6-8-21/h4-8,11,14-16,20H,9-10,12-13H2,1-3H3,(H,25,26,29). The van der Waals surface area contributed by atoms with Crippen molar-refractivity contribution in [3.05, 3.63) is 71.4 Å². The average Bonchev–Trinajstić information content (AvgIpc) is 3.22. The van der Waals surface area contributed by atoms with Gasteiger partial charge in [0.15, 0.2) is 5.82 Å². The summed E-state index contributed by atoms with van der Waals surface area (Å²) < 4.78 is 29.7. The molecule has 7 nitrogen and oxygen atoms in total. The SMILES string of the molecule is Cc1cc(C)c(S(=O)(=O)N2CCC(C(=O)Nc3ccn(-c4ccccc4)n3)CC2)c(C)c1. The van der Waals surface area contributed by atoms with Crippen molar-refractivity contribution in [1.29, 1.82) is 0 Å². The molecule has 168 valence electrons. The summed E-state index contributed by atoms with van der Waals surface area (Å²) in [4.78, 5) is 13.1. The summed E-state index contributed by atoms with van der Waals surface area (Å²) >= 11 is 0. The molecule has 8 heteroatoms. The fourth-order valence-electron chi connectivity index (χ4n) is 4.40. The van der Waals surface area contributed by atoms with Crippen molar-refractivity contribution in [3.63, 3.8) is 0 Å². The number of aryl methyl sites for hydroxylation is 3. The lowest BCUT2D eigenvalue weighted by atomic mass is 9.97. The molecule has 1 fully saturated rings. The van der Waals surface area contributed by atoms with E-state index in [2.05, 4.69) is 10.4 Å². The number of aromatic nitrogens is 2. The van der Waals surface area contributed by atoms with Crippen molar-refractivity contribution in [1.82, 2.24) is 14.1 Å². The highest BCUT2D eigenvalue weighted by molar-refractivity contribution is 7.89. The van der Waals surface area contributed by atoms with Crippen molar-refractivity contribution in [2.75, 3.05) is 18.4 Å². The second-order valence-corrected chi connectivity index (χ2v) is 10.3. The molecule has 0 bridgehead atoms. The third-order valence-corrected chi connectivity index (χ3v) is 8.09. The minimum Gasteiger partial charge on any atom is -0.309 e. The molecule has 1 amide bonds. The van der Waals surface area contributed by atoms with Gasteiger partial charge in [-0.05, 0) is 56.9 Å². The molecule has 1 saturated heterocycles. The van der Waals surface area contributed by atoms with Gasteiger partial charge in [-0.15, -0.1) is 0 Å². The van der Waals surface area contributed by atoms with Crippen molar-refractivity contribution in [2.24, 2.45) is 5.92 Å². The second kappa shape index (κ2) is 8.88. The highest BCUT2D eigenvalue weighted by Crippen LogP contribution is 2.29. The van der Waals surface area contributed by atoms with Gasteiger partial charge in [0.2, 0.25) is 15.9 Å². The van der Waals surface area contributed by atoms with Gasteiger partial charge in [0, 0.05) is 31.3 Å². The van der Waals surface area contributed by atoms with Gasteiger partial charge in [0.05, 0.1) is 10.6 Å². The molecular weight excluding hydrogens is 424 g/mol. The van der Waals surface area contributed by atoms with E-state index in [0.717, 1.165) is 22.4 Å². The van der Waals surface area contributed by atoms with Crippen LogP contribution in [0.1, 0.15) is 29.5 Å². The summed E-state index contributed by atoms with van der Waals surface area (Å²) in [5, 5.41) is 7.29. The van der Waals surface area contributed by atoms with Crippen LogP contribution in [-0.2, 0) is 14.8 Å². The van der Waals surface area contributed by atoms with E-state index in [1.807, 2.05) is 63.2 Å². The number of nitrogens with zero attached hydrogens (tertiary/aromatic N) is 3. The predicted molar refractivity (Wildman–Crippen MR) is 124 cm³/mol. The molecule has 0 aliphatic carbocycles. The van der Waals surface area contributed by atoms with Crippen molar-refractivity contribution < 1.29 is 13.2 Å². The summed E-state index contributed by atoms with van der Waals surface area (Å²) in [5.41, 5.74) is 3.48. The molecule has 2 aromatic carbocycles. The van der Waals surface area contributed by atoms with Gasteiger partial charge < -0.3 is 5.32 Å². The number of hydrogen-bond donors (Lipinski definition) is 1. The zero-order chi connectivity index (χ0) is 22.9. The largest absolute Gasteiger partial charge is 0.309 e. The number of rotatable bonds is 5. The Hall–Kier alpha value is -2.97. The molecule has 32 heavy (non-hydrogen) atoms. The second-order valence-electron chi connectivity index (χ2n) is 8.38. The van der Waals surface area contributed by atoms with Crippen molar-refractivity contribution >= 4 is 21.7 Å². The molecular formula is C24H28N4O3S. The summed E-state index contributed by atoms with van der Waals surface area (Å²) in [6, 6.07) is 15.2. The maximum absolute atomic E-state index is 13.3. The molecule has 1 N–H and O–H groups in total. The lowest BCUT2D eigenvalue weighted by molar-refractivity contribution is -0.120. The predicted octanol–water partition coefficient (Wildman–Crippen LogP) is 3.84. The lowest BCUT2D eigenvalue weighted by Crippen LogP contribution is -2.41. The van der Waals surface area contributed by atoms with E-state index in [4.69, 9.17) is 0 Å². The van der Waals surface area contributed by atoms with Crippen LogP contribution in [0.3, 0.4) is 0 Å². The molecule has 0 radical (unpaired) electrons. The summed E-state index contributed by atoms with van der Waals surface area (Å²) in [5.74, 6) is 0.117. The first-order valence-corrected chi connectivity index (χ1v) is 12.2. The Labute approximate surface area is 189 Å². The quantitative estimate of drug-likeness (QED) is 0.638. The minimum atomic E-state index is -3.59. The maximum atomic E-state index is 13.3. The highest BCUT2D eigenvalue weighted by Gasteiger charge is 2.33. The number of nitrogens with one attached hydrogen (secondary N) is 1. The molecule has 1 aromatic heterocycles. The smallest absolute Gasteiger partial charge is 0.243 e. The van der Waals surface area contributed by atoms with Crippen LogP contribution in [0.15, 0.2) is 59.6 Å². The van der Waals surface area contributed by atoms with E-state index in [0.29, 0.717) is 36.6 Å². The fraction of sp³-hybridized carbons (Fsp3) is 0.333. The van der Waals surface area contributed by atoms with Gasteiger partial charge >= 0.3 is 0 Å². The molecule has 2 heterocycles. The zero-order valence-corrected chi connectivity index (χ0v) is 19.4. The number of hydrogen-bond acceptors (Lipinski definition) is 4. The molecule has 0 atom stereocenters. The van der Waals surface area contributed by atoms with Gasteiger partial charge in [-0.1, -0.05) is 35.9 Å². The summed E-state index contributed by atoms with van der Waals surface area (Å²) in [6.07, 6.45) is 2.76. The van der Waals surface area contributed by atoms with Crippen molar-refractivity contribution in [2.45, 2.75) is 38.5 Å². The van der Waals surface area contributed by atoms with E-state index in [1.54, 1.807) is 16.9 Å². The average molecular weight is 453 g/mol. The van der Waals surface area contributed by atoms with Crippen LogP contribution in [0.5, 0.6) is 0 Å². The molecule has 0 unspecified atom stereocenters. The van der Waals surface area contributed by atoms with Crippen LogP contribution >= 0.6 is 0 Å². The fourth-order valence-corrected chi connectivity index (χ4v) is 6.29. The number of carbonyl (C=O) groups is 1. The van der Waals surface area contributed by atoms with Crippen LogP contribution < -0.4 is 5.32 Å². The third kappa shape index (κ3) is 4.47. The summed E-state index contributed by atoms with van der Waals surface area (Å²) in [6.45, 7) is 6.28. The van der Waals surface area contributed by atoms with E-state index in [1.165, 1.54) is 4.31 Å². The van der Waals surface area contributed by atoms with E-state index in [9.17, 15) is 13.2 Å². The first kappa shape index (κ1) is 22.2. The third-order valence-electron chi connectivity index (χ3n) is 5.89.